The van der Waals surface area contributed by atoms with E-state index < -0.39 is 0 Å². The van der Waals surface area contributed by atoms with Crippen LogP contribution in [0, 0.1) is 0 Å². The minimum absolute atomic E-state index is 0. The van der Waals surface area contributed by atoms with Gasteiger partial charge in [0, 0.05) is 32.7 Å². The molecule has 1 aromatic carbocycles. The molecule has 1 aliphatic heterocycles. The number of hydrogen-bond donors (Lipinski definition) is 1. The molecule has 0 aromatic heterocycles. The van der Waals surface area contributed by atoms with E-state index in [0.29, 0.717) is 19.1 Å². The zero-order valence-electron chi connectivity index (χ0n) is 12.9. The molecule has 1 fully saturated rings. The largest absolute Gasteiger partial charge is 0.383 e. The van der Waals surface area contributed by atoms with Crippen molar-refractivity contribution in [3.63, 3.8) is 0 Å². The van der Waals surface area contributed by atoms with Gasteiger partial charge < -0.3 is 15.0 Å². The Morgan fingerprint density at radius 1 is 1.38 bits per heavy atom. The third kappa shape index (κ3) is 5.47. The number of halogens is 1. The van der Waals surface area contributed by atoms with Crippen molar-refractivity contribution in [1.82, 2.24) is 10.2 Å². The summed E-state index contributed by atoms with van der Waals surface area (Å²) in [6.45, 7) is 6.51. The van der Waals surface area contributed by atoms with Crippen molar-refractivity contribution in [1.29, 1.82) is 0 Å². The quantitative estimate of drug-likeness (QED) is 0.356. The zero-order chi connectivity index (χ0) is 14.2. The maximum atomic E-state index is 5.07. The van der Waals surface area contributed by atoms with Crippen molar-refractivity contribution in [2.75, 3.05) is 39.9 Å². The van der Waals surface area contributed by atoms with Crippen molar-refractivity contribution >= 4 is 29.9 Å². The maximum Gasteiger partial charge on any atom is 0.194 e. The van der Waals surface area contributed by atoms with Crippen molar-refractivity contribution in [3.8, 4) is 0 Å². The molecule has 0 radical (unpaired) electrons. The van der Waals surface area contributed by atoms with Gasteiger partial charge in [-0.25, -0.2) is 0 Å². The lowest BCUT2D eigenvalue weighted by atomic mass is 9.99. The van der Waals surface area contributed by atoms with Crippen LogP contribution in [0.15, 0.2) is 35.3 Å². The summed E-state index contributed by atoms with van der Waals surface area (Å²) < 4.78 is 5.07. The lowest BCUT2D eigenvalue weighted by Crippen LogP contribution is -2.40. The molecule has 1 saturated heterocycles. The number of rotatable bonds is 5. The molecule has 0 bridgehead atoms. The fraction of sp³-hybridized carbons (Fsp3) is 0.562. The highest BCUT2D eigenvalue weighted by Gasteiger charge is 2.25. The molecular formula is C16H26IN3O. The van der Waals surface area contributed by atoms with Gasteiger partial charge in [0.1, 0.15) is 0 Å². The van der Waals surface area contributed by atoms with Gasteiger partial charge in [-0.3, -0.25) is 4.99 Å². The van der Waals surface area contributed by atoms with E-state index in [-0.39, 0.29) is 24.0 Å². The lowest BCUT2D eigenvalue weighted by molar-refractivity contribution is 0.207. The first-order valence-electron chi connectivity index (χ1n) is 7.42. The zero-order valence-corrected chi connectivity index (χ0v) is 15.2. The van der Waals surface area contributed by atoms with Crippen LogP contribution in [0.4, 0.5) is 0 Å². The minimum Gasteiger partial charge on any atom is -0.383 e. The molecule has 21 heavy (non-hydrogen) atoms. The van der Waals surface area contributed by atoms with E-state index in [1.54, 1.807) is 7.11 Å². The summed E-state index contributed by atoms with van der Waals surface area (Å²) in [6.07, 6.45) is 1.19. The highest BCUT2D eigenvalue weighted by Crippen LogP contribution is 2.26. The summed E-state index contributed by atoms with van der Waals surface area (Å²) in [4.78, 5) is 6.98. The van der Waals surface area contributed by atoms with Crippen LogP contribution in [0.25, 0.3) is 0 Å². The average Bonchev–Trinajstić information content (AvgIpc) is 2.97. The number of hydrogen-bond acceptors (Lipinski definition) is 2. The molecule has 1 atom stereocenters. The van der Waals surface area contributed by atoms with Crippen LogP contribution in [0.5, 0.6) is 0 Å². The fourth-order valence-corrected chi connectivity index (χ4v) is 2.62. The van der Waals surface area contributed by atoms with Crippen LogP contribution < -0.4 is 5.32 Å². The van der Waals surface area contributed by atoms with Crippen LogP contribution >= 0.6 is 24.0 Å². The van der Waals surface area contributed by atoms with Gasteiger partial charge in [0.2, 0.25) is 0 Å². The molecule has 118 valence electrons. The van der Waals surface area contributed by atoms with Gasteiger partial charge in [0.05, 0.1) is 13.2 Å². The number of benzene rings is 1. The molecule has 2 rings (SSSR count). The van der Waals surface area contributed by atoms with E-state index in [2.05, 4.69) is 52.5 Å². The summed E-state index contributed by atoms with van der Waals surface area (Å²) >= 11 is 0. The molecular weight excluding hydrogens is 377 g/mol. The summed E-state index contributed by atoms with van der Waals surface area (Å²) in [7, 11) is 1.71. The Kier molecular flexibility index (Phi) is 8.68. The van der Waals surface area contributed by atoms with E-state index in [4.69, 9.17) is 4.74 Å². The Bertz CT molecular complexity index is 425. The second-order valence-corrected chi connectivity index (χ2v) is 5.07. The van der Waals surface area contributed by atoms with E-state index in [1.807, 2.05) is 0 Å². The van der Waals surface area contributed by atoms with Gasteiger partial charge in [0.25, 0.3) is 0 Å². The standard InChI is InChI=1S/C16H25N3O.HI/c1-3-17-16(18-10-12-20-2)19-11-9-15(13-19)14-7-5-4-6-8-14;/h4-8,15H,3,9-13H2,1-2H3,(H,17,18);1H. The van der Waals surface area contributed by atoms with Crippen LogP contribution in [-0.4, -0.2) is 50.8 Å². The molecule has 0 saturated carbocycles. The van der Waals surface area contributed by atoms with Crippen molar-refractivity contribution in [2.24, 2.45) is 4.99 Å². The number of aliphatic imine (C=N–C) groups is 1. The van der Waals surface area contributed by atoms with Crippen molar-refractivity contribution in [2.45, 2.75) is 19.3 Å². The summed E-state index contributed by atoms with van der Waals surface area (Å²) in [6, 6.07) is 10.8. The molecule has 1 aliphatic rings. The van der Waals surface area contributed by atoms with Crippen LogP contribution in [-0.2, 0) is 4.74 Å². The van der Waals surface area contributed by atoms with E-state index >= 15 is 0 Å². The average molecular weight is 403 g/mol. The van der Waals surface area contributed by atoms with Gasteiger partial charge in [-0.2, -0.15) is 0 Å². The predicted molar refractivity (Wildman–Crippen MR) is 98.6 cm³/mol. The van der Waals surface area contributed by atoms with E-state index in [9.17, 15) is 0 Å². The Labute approximate surface area is 145 Å². The minimum atomic E-state index is 0. The number of ether oxygens (including phenoxy) is 1. The molecule has 0 aliphatic carbocycles. The van der Waals surface area contributed by atoms with Crippen molar-refractivity contribution < 1.29 is 4.74 Å². The van der Waals surface area contributed by atoms with Gasteiger partial charge >= 0.3 is 0 Å². The summed E-state index contributed by atoms with van der Waals surface area (Å²) in [5.74, 6) is 1.63. The summed E-state index contributed by atoms with van der Waals surface area (Å²) in [5.41, 5.74) is 1.43. The van der Waals surface area contributed by atoms with Gasteiger partial charge in [-0.05, 0) is 18.9 Å². The molecule has 4 nitrogen and oxygen atoms in total. The SMILES string of the molecule is CCNC(=NCCOC)N1CCC(c2ccccc2)C1.I. The number of methoxy groups -OCH3 is 1. The number of likely N-dealkylation sites (tertiary alicyclic amines) is 1. The number of nitrogens with one attached hydrogen (secondary N) is 1. The Morgan fingerprint density at radius 2 is 2.14 bits per heavy atom. The van der Waals surface area contributed by atoms with Gasteiger partial charge in [0.15, 0.2) is 5.96 Å². The first-order valence-corrected chi connectivity index (χ1v) is 7.42. The molecule has 1 heterocycles. The monoisotopic (exact) mass is 403 g/mol. The van der Waals surface area contributed by atoms with Gasteiger partial charge in [-0.15, -0.1) is 24.0 Å². The second kappa shape index (κ2) is 10.00. The lowest BCUT2D eigenvalue weighted by Gasteiger charge is -2.21. The van der Waals surface area contributed by atoms with Gasteiger partial charge in [-0.1, -0.05) is 30.3 Å². The third-order valence-electron chi connectivity index (χ3n) is 3.65. The molecule has 5 heteroatoms. The van der Waals surface area contributed by atoms with Crippen molar-refractivity contribution in [3.05, 3.63) is 35.9 Å². The number of nitrogens with zero attached hydrogens (tertiary/aromatic N) is 2. The first-order chi connectivity index (χ1) is 9.85. The fourth-order valence-electron chi connectivity index (χ4n) is 2.62. The van der Waals surface area contributed by atoms with Crippen LogP contribution in [0.3, 0.4) is 0 Å². The molecule has 1 unspecified atom stereocenters. The van der Waals surface area contributed by atoms with Crippen LogP contribution in [0.2, 0.25) is 0 Å². The molecule has 0 amide bonds. The smallest absolute Gasteiger partial charge is 0.194 e. The Morgan fingerprint density at radius 3 is 2.81 bits per heavy atom. The summed E-state index contributed by atoms with van der Waals surface area (Å²) in [5, 5.41) is 3.38. The third-order valence-corrected chi connectivity index (χ3v) is 3.65. The molecule has 1 N–H and O–H groups in total. The number of guanidine groups is 1. The Hall–Kier alpha value is -0.820. The van der Waals surface area contributed by atoms with Crippen LogP contribution in [0.1, 0.15) is 24.8 Å². The second-order valence-electron chi connectivity index (χ2n) is 5.07. The topological polar surface area (TPSA) is 36.9 Å². The van der Waals surface area contributed by atoms with E-state index in [1.165, 1.54) is 12.0 Å². The maximum absolute atomic E-state index is 5.07. The van der Waals surface area contributed by atoms with E-state index in [0.717, 1.165) is 25.6 Å². The normalized spacial score (nSPS) is 18.5. The molecule has 1 aromatic rings. The molecule has 0 spiro atoms. The highest BCUT2D eigenvalue weighted by molar-refractivity contribution is 14.0. The highest BCUT2D eigenvalue weighted by atomic mass is 127. The Balaban J connectivity index is 0.00000220. The predicted octanol–water partition coefficient (Wildman–Crippen LogP) is 2.71. The first kappa shape index (κ1) is 18.2.